The van der Waals surface area contributed by atoms with Gasteiger partial charge in [0, 0.05) is 12.6 Å². The van der Waals surface area contributed by atoms with Crippen LogP contribution in [0.5, 0.6) is 0 Å². The molecular weight excluding hydrogens is 178 g/mol. The molecule has 4 nitrogen and oxygen atoms in total. The van der Waals surface area contributed by atoms with Crippen molar-refractivity contribution in [2.24, 2.45) is 5.92 Å². The smallest absolute Gasteiger partial charge is 0.268 e. The third-order valence-electron chi connectivity index (χ3n) is 2.16. The van der Waals surface area contributed by atoms with Crippen LogP contribution in [-0.4, -0.2) is 9.78 Å². The predicted octanol–water partition coefficient (Wildman–Crippen LogP) is 1.26. The van der Waals surface area contributed by atoms with Gasteiger partial charge in [0.1, 0.15) is 0 Å². The first-order chi connectivity index (χ1) is 6.63. The third-order valence-corrected chi connectivity index (χ3v) is 2.16. The first-order valence-electron chi connectivity index (χ1n) is 4.96. The first kappa shape index (κ1) is 10.8. The number of nitrogen functional groups attached to an aromatic ring is 1. The summed E-state index contributed by atoms with van der Waals surface area (Å²) in [5.74, 6) is 0.480. The van der Waals surface area contributed by atoms with E-state index in [2.05, 4.69) is 18.9 Å². The van der Waals surface area contributed by atoms with Gasteiger partial charge >= 0.3 is 0 Å². The fraction of sp³-hybridized carbons (Fsp3) is 0.600. The first-order valence-corrected chi connectivity index (χ1v) is 4.96. The molecule has 0 saturated carbocycles. The molecule has 0 saturated heterocycles. The maximum atomic E-state index is 11.4. The molecule has 14 heavy (non-hydrogen) atoms. The Labute approximate surface area is 83.7 Å². The quantitative estimate of drug-likeness (QED) is 0.786. The minimum Gasteiger partial charge on any atom is -0.397 e. The van der Waals surface area contributed by atoms with Crippen LogP contribution in [0.2, 0.25) is 0 Å². The van der Waals surface area contributed by atoms with Gasteiger partial charge in [0.05, 0.1) is 11.9 Å². The maximum Gasteiger partial charge on any atom is 0.268 e. The van der Waals surface area contributed by atoms with Crippen molar-refractivity contribution in [3.63, 3.8) is 0 Å². The highest BCUT2D eigenvalue weighted by Gasteiger charge is 2.04. The van der Waals surface area contributed by atoms with Crippen LogP contribution in [0.1, 0.15) is 26.7 Å². The summed E-state index contributed by atoms with van der Waals surface area (Å²) in [7, 11) is 0. The number of anilines is 1. The summed E-state index contributed by atoms with van der Waals surface area (Å²) in [4.78, 5) is 11.4. The molecule has 1 heterocycles. The zero-order valence-electron chi connectivity index (χ0n) is 8.73. The van der Waals surface area contributed by atoms with Gasteiger partial charge in [-0.2, -0.15) is 5.10 Å². The molecule has 0 spiro atoms. The molecule has 78 valence electrons. The number of rotatable bonds is 4. The third kappa shape index (κ3) is 2.87. The van der Waals surface area contributed by atoms with Crippen molar-refractivity contribution >= 4 is 5.69 Å². The molecule has 4 heteroatoms. The van der Waals surface area contributed by atoms with Crippen LogP contribution in [0, 0.1) is 5.92 Å². The summed E-state index contributed by atoms with van der Waals surface area (Å²) >= 11 is 0. The molecule has 0 aliphatic carbocycles. The molecule has 0 aromatic carbocycles. The van der Waals surface area contributed by atoms with Crippen molar-refractivity contribution < 1.29 is 0 Å². The molecule has 1 unspecified atom stereocenters. The Hall–Kier alpha value is -1.32. The van der Waals surface area contributed by atoms with Gasteiger partial charge in [0.25, 0.3) is 5.56 Å². The van der Waals surface area contributed by atoms with E-state index in [9.17, 15) is 4.79 Å². The number of aromatic nitrogens is 2. The molecule has 1 rings (SSSR count). The zero-order valence-corrected chi connectivity index (χ0v) is 8.73. The summed E-state index contributed by atoms with van der Waals surface area (Å²) in [5.41, 5.74) is 5.75. The van der Waals surface area contributed by atoms with Crippen molar-refractivity contribution in [1.82, 2.24) is 9.78 Å². The molecule has 1 aromatic heterocycles. The highest BCUT2D eigenvalue weighted by molar-refractivity contribution is 5.31. The lowest BCUT2D eigenvalue weighted by atomic mass is 10.1. The van der Waals surface area contributed by atoms with E-state index in [0.29, 0.717) is 18.2 Å². The number of nitrogens with zero attached hydrogens (tertiary/aromatic N) is 2. The molecule has 0 aliphatic heterocycles. The highest BCUT2D eigenvalue weighted by Crippen LogP contribution is 2.06. The summed E-state index contributed by atoms with van der Waals surface area (Å²) in [5, 5.41) is 3.98. The van der Waals surface area contributed by atoms with Crippen LogP contribution in [0.3, 0.4) is 0 Å². The Balaban J connectivity index is 2.72. The molecule has 2 N–H and O–H groups in total. The van der Waals surface area contributed by atoms with Gasteiger partial charge < -0.3 is 5.73 Å². The van der Waals surface area contributed by atoms with Gasteiger partial charge in [-0.1, -0.05) is 20.3 Å². The van der Waals surface area contributed by atoms with Crippen LogP contribution in [0.15, 0.2) is 17.1 Å². The maximum absolute atomic E-state index is 11.4. The fourth-order valence-corrected chi connectivity index (χ4v) is 1.46. The van der Waals surface area contributed by atoms with Gasteiger partial charge in [-0.05, 0) is 12.3 Å². The van der Waals surface area contributed by atoms with E-state index in [-0.39, 0.29) is 5.56 Å². The SMILES string of the molecule is CCCC(C)Cn1ncc(N)cc1=O. The Morgan fingerprint density at radius 1 is 1.64 bits per heavy atom. The highest BCUT2D eigenvalue weighted by atomic mass is 16.1. The molecule has 1 atom stereocenters. The van der Waals surface area contributed by atoms with Crippen molar-refractivity contribution in [2.45, 2.75) is 33.2 Å². The lowest BCUT2D eigenvalue weighted by molar-refractivity contribution is 0.408. The second-order valence-electron chi connectivity index (χ2n) is 3.70. The Bertz CT molecular complexity index is 345. The van der Waals surface area contributed by atoms with Crippen LogP contribution >= 0.6 is 0 Å². The minimum atomic E-state index is -0.118. The van der Waals surface area contributed by atoms with Gasteiger partial charge in [-0.25, -0.2) is 4.68 Å². The number of nitrogens with two attached hydrogens (primary N) is 1. The summed E-state index contributed by atoms with van der Waals surface area (Å²) in [6, 6.07) is 1.41. The average molecular weight is 195 g/mol. The van der Waals surface area contributed by atoms with Crippen LogP contribution in [0.4, 0.5) is 5.69 Å². The second-order valence-corrected chi connectivity index (χ2v) is 3.70. The molecule has 0 aliphatic rings. The van der Waals surface area contributed by atoms with E-state index in [4.69, 9.17) is 5.73 Å². The molecule has 0 fully saturated rings. The van der Waals surface area contributed by atoms with E-state index in [1.54, 1.807) is 0 Å². The van der Waals surface area contributed by atoms with E-state index in [0.717, 1.165) is 12.8 Å². The summed E-state index contributed by atoms with van der Waals surface area (Å²) < 4.78 is 1.47. The van der Waals surface area contributed by atoms with E-state index < -0.39 is 0 Å². The topological polar surface area (TPSA) is 60.9 Å². The Kier molecular flexibility index (Phi) is 3.68. The molecule has 0 amide bonds. The van der Waals surface area contributed by atoms with Crippen molar-refractivity contribution in [2.75, 3.05) is 5.73 Å². The summed E-state index contributed by atoms with van der Waals surface area (Å²) in [6.45, 7) is 4.93. The van der Waals surface area contributed by atoms with Gasteiger partial charge in [-0.15, -0.1) is 0 Å². The van der Waals surface area contributed by atoms with E-state index in [1.165, 1.54) is 16.9 Å². The van der Waals surface area contributed by atoms with Gasteiger partial charge in [-0.3, -0.25) is 4.79 Å². The minimum absolute atomic E-state index is 0.118. The van der Waals surface area contributed by atoms with Gasteiger partial charge in [0.15, 0.2) is 0 Å². The van der Waals surface area contributed by atoms with Crippen molar-refractivity contribution in [1.29, 1.82) is 0 Å². The standard InChI is InChI=1S/C10H17N3O/c1-3-4-8(2)7-13-10(14)5-9(11)6-12-13/h5-6,8H,3-4,7,11H2,1-2H3. The number of hydrogen-bond acceptors (Lipinski definition) is 3. The normalized spacial score (nSPS) is 12.7. The Morgan fingerprint density at radius 3 is 2.93 bits per heavy atom. The van der Waals surface area contributed by atoms with Crippen molar-refractivity contribution in [3.05, 3.63) is 22.6 Å². The van der Waals surface area contributed by atoms with Crippen LogP contribution in [-0.2, 0) is 6.54 Å². The number of hydrogen-bond donors (Lipinski definition) is 1. The second kappa shape index (κ2) is 4.79. The van der Waals surface area contributed by atoms with Crippen LogP contribution < -0.4 is 11.3 Å². The summed E-state index contributed by atoms with van der Waals surface area (Å²) in [6.07, 6.45) is 3.75. The molecule has 1 aromatic rings. The van der Waals surface area contributed by atoms with Crippen LogP contribution in [0.25, 0.3) is 0 Å². The average Bonchev–Trinajstić information content (AvgIpc) is 2.10. The largest absolute Gasteiger partial charge is 0.397 e. The van der Waals surface area contributed by atoms with Gasteiger partial charge in [0.2, 0.25) is 0 Å². The van der Waals surface area contributed by atoms with E-state index in [1.807, 2.05) is 0 Å². The molecular formula is C10H17N3O. The Morgan fingerprint density at radius 2 is 2.36 bits per heavy atom. The zero-order chi connectivity index (χ0) is 10.6. The molecule has 0 bridgehead atoms. The van der Waals surface area contributed by atoms with Crippen molar-refractivity contribution in [3.8, 4) is 0 Å². The monoisotopic (exact) mass is 195 g/mol. The molecule has 0 radical (unpaired) electrons. The fourth-order valence-electron chi connectivity index (χ4n) is 1.46. The lowest BCUT2D eigenvalue weighted by Gasteiger charge is -2.10. The lowest BCUT2D eigenvalue weighted by Crippen LogP contribution is -2.25. The van der Waals surface area contributed by atoms with E-state index >= 15 is 0 Å². The predicted molar refractivity (Wildman–Crippen MR) is 57.0 cm³/mol.